The lowest BCUT2D eigenvalue weighted by molar-refractivity contribution is 0.113. The first-order valence-corrected chi connectivity index (χ1v) is 11.2. The number of likely N-dealkylation sites (tertiary alicyclic amines) is 1. The number of hydrogen-bond donors (Lipinski definition) is 1. The second-order valence-corrected chi connectivity index (χ2v) is 9.70. The Kier molecular flexibility index (Phi) is 4.49. The molecular formula is C20H22N4O2S2. The third kappa shape index (κ3) is 3.05. The molecule has 0 amide bonds. The molecule has 0 unspecified atom stereocenters. The maximum absolute atomic E-state index is 11.1. The molecule has 0 spiro atoms. The second kappa shape index (κ2) is 7.02. The van der Waals surface area contributed by atoms with Gasteiger partial charge in [-0.1, -0.05) is 31.3 Å². The van der Waals surface area contributed by atoms with Gasteiger partial charge in [0.15, 0.2) is 5.76 Å². The number of aromatic nitrogens is 3. The SMILES string of the molecule is C[C@@H]1C[C@@H](C)CN([C@@H](c2cccs2)c2sc3nc(-c4ccco4)nn3c2O)C1. The highest BCUT2D eigenvalue weighted by Crippen LogP contribution is 2.43. The topological polar surface area (TPSA) is 66.8 Å². The number of nitrogens with zero attached hydrogens (tertiary/aromatic N) is 4. The molecule has 1 aliphatic rings. The van der Waals surface area contributed by atoms with E-state index in [0.717, 1.165) is 18.0 Å². The van der Waals surface area contributed by atoms with Crippen LogP contribution in [0.5, 0.6) is 5.88 Å². The number of aromatic hydroxyl groups is 1. The highest BCUT2D eigenvalue weighted by Gasteiger charge is 2.34. The molecule has 1 saturated heterocycles. The monoisotopic (exact) mass is 414 g/mol. The van der Waals surface area contributed by atoms with Crippen molar-refractivity contribution in [1.82, 2.24) is 19.5 Å². The summed E-state index contributed by atoms with van der Waals surface area (Å²) in [5.74, 6) is 2.55. The van der Waals surface area contributed by atoms with Crippen molar-refractivity contribution in [2.24, 2.45) is 11.8 Å². The molecule has 5 rings (SSSR count). The van der Waals surface area contributed by atoms with Gasteiger partial charge in [0, 0.05) is 18.0 Å². The van der Waals surface area contributed by atoms with Gasteiger partial charge in [-0.3, -0.25) is 4.90 Å². The van der Waals surface area contributed by atoms with Crippen LogP contribution < -0.4 is 0 Å². The number of thiazole rings is 1. The Morgan fingerprint density at radius 2 is 2.04 bits per heavy atom. The van der Waals surface area contributed by atoms with E-state index >= 15 is 0 Å². The smallest absolute Gasteiger partial charge is 0.230 e. The average molecular weight is 415 g/mol. The molecule has 3 atom stereocenters. The van der Waals surface area contributed by atoms with Crippen LogP contribution in [0.3, 0.4) is 0 Å². The van der Waals surface area contributed by atoms with E-state index in [1.54, 1.807) is 23.7 Å². The van der Waals surface area contributed by atoms with E-state index in [0.29, 0.717) is 28.4 Å². The summed E-state index contributed by atoms with van der Waals surface area (Å²) >= 11 is 3.24. The standard InChI is InChI=1S/C20H22N4O2S2/c1-12-9-13(2)11-23(10-12)16(15-6-4-8-27-15)17-19(25)24-20(28-17)21-18(22-24)14-5-3-7-26-14/h3-8,12-13,16,25H,9-11H2,1-2H3/t12-,13-,16+/m1/s1. The first kappa shape index (κ1) is 17.9. The molecular weight excluding hydrogens is 392 g/mol. The van der Waals surface area contributed by atoms with Crippen LogP contribution in [0.2, 0.25) is 0 Å². The van der Waals surface area contributed by atoms with E-state index < -0.39 is 0 Å². The lowest BCUT2D eigenvalue weighted by Gasteiger charge is -2.39. The number of hydrogen-bond acceptors (Lipinski definition) is 7. The number of fused-ring (bicyclic) bond motifs is 1. The van der Waals surface area contributed by atoms with Crippen LogP contribution in [-0.2, 0) is 0 Å². The van der Waals surface area contributed by atoms with E-state index in [4.69, 9.17) is 4.42 Å². The van der Waals surface area contributed by atoms with Crippen molar-refractivity contribution >= 4 is 27.6 Å². The summed E-state index contributed by atoms with van der Waals surface area (Å²) in [6.45, 7) is 6.67. The molecule has 6 nitrogen and oxygen atoms in total. The third-order valence-electron chi connectivity index (χ3n) is 5.26. The molecule has 0 aromatic carbocycles. The fourth-order valence-corrected chi connectivity index (χ4v) is 6.33. The van der Waals surface area contributed by atoms with E-state index in [-0.39, 0.29) is 11.9 Å². The van der Waals surface area contributed by atoms with Crippen LogP contribution in [0.1, 0.15) is 36.1 Å². The van der Waals surface area contributed by atoms with Gasteiger partial charge in [0.25, 0.3) is 0 Å². The summed E-state index contributed by atoms with van der Waals surface area (Å²) in [5, 5.41) is 17.6. The first-order valence-electron chi connectivity index (χ1n) is 9.50. The molecule has 0 saturated carbocycles. The fraction of sp³-hybridized carbons (Fsp3) is 0.400. The molecule has 28 heavy (non-hydrogen) atoms. The number of thiophene rings is 1. The molecule has 1 aliphatic heterocycles. The number of furan rings is 1. The predicted octanol–water partition coefficient (Wildman–Crippen LogP) is 4.89. The van der Waals surface area contributed by atoms with Crippen molar-refractivity contribution < 1.29 is 9.52 Å². The fourth-order valence-electron chi connectivity index (χ4n) is 4.28. The molecule has 5 heterocycles. The van der Waals surface area contributed by atoms with Gasteiger partial charge in [0.2, 0.25) is 16.7 Å². The zero-order chi connectivity index (χ0) is 19.3. The van der Waals surface area contributed by atoms with E-state index in [1.807, 2.05) is 6.07 Å². The van der Waals surface area contributed by atoms with Crippen LogP contribution in [0.4, 0.5) is 0 Å². The van der Waals surface area contributed by atoms with Gasteiger partial charge < -0.3 is 9.52 Å². The minimum Gasteiger partial charge on any atom is -0.492 e. The van der Waals surface area contributed by atoms with Crippen molar-refractivity contribution in [1.29, 1.82) is 0 Å². The van der Waals surface area contributed by atoms with Gasteiger partial charge in [-0.15, -0.1) is 16.4 Å². The number of piperidine rings is 1. The molecule has 1 fully saturated rings. The van der Waals surface area contributed by atoms with E-state index in [1.165, 1.54) is 27.2 Å². The quantitative estimate of drug-likeness (QED) is 0.515. The summed E-state index contributed by atoms with van der Waals surface area (Å²) < 4.78 is 6.93. The summed E-state index contributed by atoms with van der Waals surface area (Å²) in [6.07, 6.45) is 2.85. The van der Waals surface area contributed by atoms with Crippen molar-refractivity contribution in [3.8, 4) is 17.5 Å². The molecule has 0 radical (unpaired) electrons. The highest BCUT2D eigenvalue weighted by atomic mass is 32.1. The van der Waals surface area contributed by atoms with Gasteiger partial charge in [-0.25, -0.2) is 0 Å². The molecule has 0 bridgehead atoms. The molecule has 0 aliphatic carbocycles. The van der Waals surface area contributed by atoms with Crippen molar-refractivity contribution in [3.63, 3.8) is 0 Å². The Morgan fingerprint density at radius 1 is 1.21 bits per heavy atom. The minimum atomic E-state index is 0.0331. The highest BCUT2D eigenvalue weighted by molar-refractivity contribution is 7.17. The lowest BCUT2D eigenvalue weighted by Crippen LogP contribution is -2.41. The van der Waals surface area contributed by atoms with Crippen LogP contribution in [-0.4, -0.2) is 37.7 Å². The van der Waals surface area contributed by atoms with Crippen molar-refractivity contribution in [2.75, 3.05) is 13.1 Å². The van der Waals surface area contributed by atoms with Crippen molar-refractivity contribution in [2.45, 2.75) is 26.3 Å². The lowest BCUT2D eigenvalue weighted by atomic mass is 9.90. The zero-order valence-corrected chi connectivity index (χ0v) is 17.4. The van der Waals surface area contributed by atoms with Gasteiger partial charge >= 0.3 is 0 Å². The van der Waals surface area contributed by atoms with Gasteiger partial charge in [-0.2, -0.15) is 9.50 Å². The third-order valence-corrected chi connectivity index (χ3v) is 7.26. The second-order valence-electron chi connectivity index (χ2n) is 7.71. The maximum Gasteiger partial charge on any atom is 0.230 e. The largest absolute Gasteiger partial charge is 0.492 e. The van der Waals surface area contributed by atoms with Gasteiger partial charge in [0.1, 0.15) is 0 Å². The van der Waals surface area contributed by atoms with Crippen molar-refractivity contribution in [3.05, 3.63) is 45.7 Å². The molecule has 4 aromatic rings. The Labute approximate surface area is 171 Å². The summed E-state index contributed by atoms with van der Waals surface area (Å²) in [4.78, 5) is 9.91. The Bertz CT molecular complexity index is 1060. The van der Waals surface area contributed by atoms with Crippen LogP contribution in [0.15, 0.2) is 40.3 Å². The van der Waals surface area contributed by atoms with E-state index in [9.17, 15) is 5.11 Å². The van der Waals surface area contributed by atoms with E-state index in [2.05, 4.69) is 46.3 Å². The van der Waals surface area contributed by atoms with Gasteiger partial charge in [-0.05, 0) is 41.8 Å². The van der Waals surface area contributed by atoms with Gasteiger partial charge in [0.05, 0.1) is 17.2 Å². The molecule has 1 N–H and O–H groups in total. The molecule has 8 heteroatoms. The first-order chi connectivity index (χ1) is 13.6. The summed E-state index contributed by atoms with van der Waals surface area (Å²) in [5.41, 5.74) is 0. The summed E-state index contributed by atoms with van der Waals surface area (Å²) in [7, 11) is 0. The van der Waals surface area contributed by atoms with Crippen LogP contribution in [0.25, 0.3) is 16.5 Å². The number of rotatable bonds is 4. The molecule has 4 aromatic heterocycles. The maximum atomic E-state index is 11.1. The predicted molar refractivity (Wildman–Crippen MR) is 111 cm³/mol. The zero-order valence-electron chi connectivity index (χ0n) is 15.8. The summed E-state index contributed by atoms with van der Waals surface area (Å²) in [6, 6.07) is 7.89. The normalized spacial score (nSPS) is 22.1. The Morgan fingerprint density at radius 3 is 2.68 bits per heavy atom. The Balaban J connectivity index is 1.58. The van der Waals surface area contributed by atoms with Crippen LogP contribution >= 0.6 is 22.7 Å². The minimum absolute atomic E-state index is 0.0331. The molecule has 146 valence electrons. The Hall–Kier alpha value is -2.16. The average Bonchev–Trinajstić information content (AvgIpc) is 3.41. The van der Waals surface area contributed by atoms with Crippen LogP contribution in [0, 0.1) is 11.8 Å².